The topological polar surface area (TPSA) is 0 Å². The van der Waals surface area contributed by atoms with Gasteiger partial charge in [0.05, 0.1) is 0 Å². The molecule has 0 N–H and O–H groups in total. The molecule has 15 heavy (non-hydrogen) atoms. The minimum atomic E-state index is -9.50. The van der Waals surface area contributed by atoms with Crippen molar-refractivity contribution < 1.29 is 19.4 Å². The first-order valence-corrected chi connectivity index (χ1v) is 5.92. The van der Waals surface area contributed by atoms with E-state index in [2.05, 4.69) is 6.58 Å². The lowest BCUT2D eigenvalue weighted by Crippen LogP contribution is -2.05. The second-order valence-electron chi connectivity index (χ2n) is 3.11. The largest absolute Gasteiger partial charge is 0.310 e. The Morgan fingerprint density at radius 1 is 1.00 bits per heavy atom. The summed E-state index contributed by atoms with van der Waals surface area (Å²) in [5.74, 6) is 0. The first-order chi connectivity index (χ1) is 6.53. The van der Waals surface area contributed by atoms with Crippen LogP contribution in [0.25, 0.3) is 0 Å². The Kier molecular flexibility index (Phi) is 2.21. The maximum atomic E-state index is 12.2. The van der Waals surface area contributed by atoms with Crippen LogP contribution < -0.4 is 0 Å². The monoisotopic (exact) mass is 244 g/mol. The maximum absolute atomic E-state index is 12.2. The molecule has 1 aromatic rings. The van der Waals surface area contributed by atoms with E-state index in [9.17, 15) is 19.4 Å². The van der Waals surface area contributed by atoms with Gasteiger partial charge in [-0.3, -0.25) is 0 Å². The highest BCUT2D eigenvalue weighted by atomic mass is 32.5. The van der Waals surface area contributed by atoms with Crippen molar-refractivity contribution in [2.45, 2.75) is 11.3 Å². The highest BCUT2D eigenvalue weighted by Gasteiger charge is 2.65. The molecule has 0 bridgehead atoms. The van der Waals surface area contributed by atoms with Crippen LogP contribution in [-0.4, -0.2) is 0 Å². The zero-order valence-electron chi connectivity index (χ0n) is 7.60. The summed E-state index contributed by atoms with van der Waals surface area (Å²) in [5, 5.41) is 0. The van der Waals surface area contributed by atoms with Crippen LogP contribution in [0.4, 0.5) is 19.4 Å². The zero-order valence-corrected chi connectivity index (χ0v) is 8.42. The van der Waals surface area contributed by atoms with Crippen LogP contribution in [0.3, 0.4) is 0 Å². The summed E-state index contributed by atoms with van der Waals surface area (Å²) in [7, 11) is -9.50. The maximum Gasteiger partial charge on any atom is 0.310 e. The van der Waals surface area contributed by atoms with Crippen molar-refractivity contribution >= 4 is 10.2 Å². The van der Waals surface area contributed by atoms with E-state index in [4.69, 9.17) is 0 Å². The predicted molar refractivity (Wildman–Crippen MR) is 51.7 cm³/mol. The molecule has 1 rings (SSSR count). The van der Waals surface area contributed by atoms with Gasteiger partial charge in [0, 0.05) is 0 Å². The van der Waals surface area contributed by atoms with Crippen molar-refractivity contribution in [3.05, 3.63) is 42.5 Å². The van der Waals surface area contributed by atoms with E-state index in [1.165, 1.54) is 6.08 Å². The molecule has 0 nitrogen and oxygen atoms in total. The third-order valence-corrected chi connectivity index (χ3v) is 2.91. The summed E-state index contributed by atoms with van der Waals surface area (Å²) in [6, 6.07) is 2.85. The molecule has 86 valence electrons. The molecular weight excluding hydrogens is 235 g/mol. The minimum Gasteiger partial charge on any atom is -0.103 e. The van der Waals surface area contributed by atoms with Crippen LogP contribution in [-0.2, 0) is 6.42 Å². The number of hydrogen-bond acceptors (Lipinski definition) is 0. The van der Waals surface area contributed by atoms with Crippen LogP contribution >= 0.6 is 10.2 Å². The van der Waals surface area contributed by atoms with Gasteiger partial charge >= 0.3 is 10.2 Å². The third kappa shape index (κ3) is 3.23. The first kappa shape index (κ1) is 12.0. The number of halogens is 5. The molecule has 0 radical (unpaired) electrons. The van der Waals surface area contributed by atoms with Crippen molar-refractivity contribution in [2.75, 3.05) is 0 Å². The minimum absolute atomic E-state index is 0.348. The van der Waals surface area contributed by atoms with Gasteiger partial charge in [0.1, 0.15) is 4.90 Å². The summed E-state index contributed by atoms with van der Waals surface area (Å²) < 4.78 is 61.2. The van der Waals surface area contributed by atoms with Gasteiger partial charge in [0.2, 0.25) is 0 Å². The molecule has 1 aromatic carbocycles. The van der Waals surface area contributed by atoms with Crippen molar-refractivity contribution in [3.8, 4) is 0 Å². The highest BCUT2D eigenvalue weighted by molar-refractivity contribution is 8.45. The van der Waals surface area contributed by atoms with Crippen LogP contribution in [0, 0.1) is 0 Å². The standard InChI is InChI=1S/C9H9F5S/c1-2-3-8-4-6-9(7-5-8)15(10,11,12,13)14/h2,4-7H,1,3H2. The van der Waals surface area contributed by atoms with E-state index in [1.807, 2.05) is 0 Å². The molecule has 0 aliphatic rings. The van der Waals surface area contributed by atoms with Crippen molar-refractivity contribution in [2.24, 2.45) is 0 Å². The predicted octanol–water partition coefficient (Wildman–Crippen LogP) is 5.07. The lowest BCUT2D eigenvalue weighted by Gasteiger charge is -2.40. The van der Waals surface area contributed by atoms with Gasteiger partial charge < -0.3 is 0 Å². The van der Waals surface area contributed by atoms with Gasteiger partial charge in [-0.2, -0.15) is 0 Å². The summed E-state index contributed by atoms with van der Waals surface area (Å²) >= 11 is 0. The smallest absolute Gasteiger partial charge is 0.103 e. The Labute approximate surface area is 84.1 Å². The molecule has 0 aliphatic heterocycles. The van der Waals surface area contributed by atoms with Crippen molar-refractivity contribution in [1.29, 1.82) is 0 Å². The van der Waals surface area contributed by atoms with Crippen LogP contribution in [0.5, 0.6) is 0 Å². The summed E-state index contributed by atoms with van der Waals surface area (Å²) in [6.07, 6.45) is 1.83. The first-order valence-electron chi connectivity index (χ1n) is 3.97. The third-order valence-electron chi connectivity index (χ3n) is 1.75. The number of hydrogen-bond donors (Lipinski definition) is 0. The molecule has 0 spiro atoms. The van der Waals surface area contributed by atoms with Crippen molar-refractivity contribution in [3.63, 3.8) is 0 Å². The fourth-order valence-electron chi connectivity index (χ4n) is 1.05. The molecule has 0 amide bonds. The van der Waals surface area contributed by atoms with E-state index < -0.39 is 15.1 Å². The molecule has 0 saturated heterocycles. The van der Waals surface area contributed by atoms with Gasteiger partial charge in [0.15, 0.2) is 0 Å². The fourth-order valence-corrected chi connectivity index (χ4v) is 1.70. The SMILES string of the molecule is C=CCc1ccc(S(F)(F)(F)(F)F)cc1. The number of rotatable bonds is 3. The lowest BCUT2D eigenvalue weighted by molar-refractivity contribution is 0.364. The number of allylic oxidation sites excluding steroid dienone is 1. The second kappa shape index (κ2) is 2.75. The molecule has 0 unspecified atom stereocenters. The van der Waals surface area contributed by atoms with Gasteiger partial charge in [-0.15, -0.1) is 6.58 Å². The van der Waals surface area contributed by atoms with Crippen molar-refractivity contribution in [1.82, 2.24) is 0 Å². The van der Waals surface area contributed by atoms with Crippen LogP contribution in [0.15, 0.2) is 41.8 Å². The summed E-state index contributed by atoms with van der Waals surface area (Å²) in [6.45, 7) is 3.39. The molecular formula is C9H9F5S. The van der Waals surface area contributed by atoms with Gasteiger partial charge in [0.25, 0.3) is 0 Å². The molecule has 0 aliphatic carbocycles. The normalized spacial score (nSPS) is 16.6. The highest BCUT2D eigenvalue weighted by Crippen LogP contribution is 3.02. The zero-order chi connectivity index (χ0) is 11.8. The van der Waals surface area contributed by atoms with E-state index in [-0.39, 0.29) is 0 Å². The van der Waals surface area contributed by atoms with Gasteiger partial charge in [-0.1, -0.05) is 37.6 Å². The van der Waals surface area contributed by atoms with E-state index in [0.717, 1.165) is 12.1 Å². The van der Waals surface area contributed by atoms with Crippen LogP contribution in [0.1, 0.15) is 5.56 Å². The molecule has 0 heterocycles. The molecule has 6 heteroatoms. The summed E-state index contributed by atoms with van der Waals surface area (Å²) in [4.78, 5) is -1.86. The van der Waals surface area contributed by atoms with E-state index in [0.29, 0.717) is 24.1 Å². The molecule has 0 atom stereocenters. The Bertz CT molecular complexity index is 374. The van der Waals surface area contributed by atoms with E-state index in [1.54, 1.807) is 0 Å². The Morgan fingerprint density at radius 2 is 1.47 bits per heavy atom. The Hall–Kier alpha value is -1.04. The van der Waals surface area contributed by atoms with Crippen LogP contribution in [0.2, 0.25) is 0 Å². The second-order valence-corrected chi connectivity index (χ2v) is 5.52. The molecule has 0 aromatic heterocycles. The molecule has 0 fully saturated rings. The fraction of sp³-hybridized carbons (Fsp3) is 0.111. The quantitative estimate of drug-likeness (QED) is 0.514. The Balaban J connectivity index is 3.16. The van der Waals surface area contributed by atoms with E-state index >= 15 is 0 Å². The number of benzene rings is 1. The van der Waals surface area contributed by atoms with Gasteiger partial charge in [-0.05, 0) is 24.1 Å². The average Bonchev–Trinajstić information content (AvgIpc) is 2.01. The lowest BCUT2D eigenvalue weighted by atomic mass is 10.2. The molecule has 0 saturated carbocycles. The van der Waals surface area contributed by atoms with Gasteiger partial charge in [-0.25, -0.2) is 0 Å². The average molecular weight is 244 g/mol. The summed E-state index contributed by atoms with van der Waals surface area (Å²) in [5.41, 5.74) is 0.510. The Morgan fingerprint density at radius 3 is 1.80 bits per heavy atom.